The molecule has 252 valence electrons. The molecule has 0 saturated carbocycles. The van der Waals surface area contributed by atoms with E-state index in [1.54, 1.807) is 0 Å². The Labute approximate surface area is 292 Å². The van der Waals surface area contributed by atoms with E-state index in [1.165, 1.54) is 24.8 Å². The molecule has 8 rings (SSSR count). The number of nitriles is 1. The van der Waals surface area contributed by atoms with Gasteiger partial charge in [-0.05, 0) is 116 Å². The summed E-state index contributed by atoms with van der Waals surface area (Å²) in [5, 5.41) is 24.6. The fourth-order valence-electron chi connectivity index (χ4n) is 7.60. The molecule has 1 atom stereocenters. The van der Waals surface area contributed by atoms with Crippen LogP contribution >= 0.6 is 0 Å². The number of aliphatic hydroxyl groups is 1. The summed E-state index contributed by atoms with van der Waals surface area (Å²) >= 11 is 0. The van der Waals surface area contributed by atoms with Crippen LogP contribution in [0, 0.1) is 25.2 Å². The molecule has 0 bridgehead atoms. The first kappa shape index (κ1) is 32.1. The SMILES string of the molecule is Cc1c(Nc2nccc3cc(CN4CCCCC4)cnc23)cccc1-c1cccc(-c2nc3cc(CN4CC[C@@H](O)C4)cc(C#N)c3o2)c1C. The number of benzene rings is 3. The Balaban J connectivity index is 1.08. The Hall–Kier alpha value is -5.14. The minimum absolute atomic E-state index is 0.294. The zero-order chi connectivity index (χ0) is 34.2. The molecule has 2 saturated heterocycles. The number of hydrogen-bond donors (Lipinski definition) is 2. The van der Waals surface area contributed by atoms with Gasteiger partial charge in [-0.2, -0.15) is 5.26 Å². The lowest BCUT2D eigenvalue weighted by Crippen LogP contribution is -2.29. The van der Waals surface area contributed by atoms with E-state index in [9.17, 15) is 10.4 Å². The smallest absolute Gasteiger partial charge is 0.227 e. The zero-order valence-corrected chi connectivity index (χ0v) is 28.6. The number of oxazole rings is 1. The van der Waals surface area contributed by atoms with Crippen molar-refractivity contribution in [2.75, 3.05) is 31.5 Å². The first-order chi connectivity index (χ1) is 24.4. The van der Waals surface area contributed by atoms with Crippen LogP contribution in [0.15, 0.2) is 77.5 Å². The zero-order valence-electron chi connectivity index (χ0n) is 28.6. The van der Waals surface area contributed by atoms with Gasteiger partial charge in [0.1, 0.15) is 17.1 Å². The molecule has 0 amide bonds. The molecular formula is C41H41N7O2. The van der Waals surface area contributed by atoms with Gasteiger partial charge >= 0.3 is 0 Å². The number of aliphatic hydroxyl groups excluding tert-OH is 1. The first-order valence-corrected chi connectivity index (χ1v) is 17.6. The molecule has 2 aliphatic rings. The van der Waals surface area contributed by atoms with Gasteiger partial charge in [0.25, 0.3) is 0 Å². The standard InChI is InChI=1S/C41H41N7O2/c1-26-33(8-6-10-35(26)41-46-37-20-28(18-31(21-42)39(37)50-41)23-48-17-13-32(49)25-48)34-9-7-11-36(27(34)2)45-40-38-30(12-14-43-40)19-29(22-44-38)24-47-15-4-3-5-16-47/h6-12,14,18-20,22,32,49H,3-5,13,15-17,23-25H2,1-2H3,(H,43,45)/t32-/m1/s1. The van der Waals surface area contributed by atoms with E-state index in [0.717, 1.165) is 88.4 Å². The molecule has 0 radical (unpaired) electrons. The Kier molecular flexibility index (Phi) is 8.75. The van der Waals surface area contributed by atoms with E-state index in [-0.39, 0.29) is 6.10 Å². The highest BCUT2D eigenvalue weighted by molar-refractivity contribution is 5.91. The van der Waals surface area contributed by atoms with Gasteiger partial charge in [-0.15, -0.1) is 0 Å². The molecule has 5 heterocycles. The fourth-order valence-corrected chi connectivity index (χ4v) is 7.60. The average Bonchev–Trinajstić information content (AvgIpc) is 3.75. The summed E-state index contributed by atoms with van der Waals surface area (Å²) in [6, 6.07) is 22.9. The number of nitrogens with zero attached hydrogens (tertiary/aromatic N) is 6. The van der Waals surface area contributed by atoms with Gasteiger partial charge in [0, 0.05) is 55.2 Å². The Bertz CT molecular complexity index is 2250. The summed E-state index contributed by atoms with van der Waals surface area (Å²) < 4.78 is 6.30. The fraction of sp³-hybridized carbons (Fsp3) is 0.317. The summed E-state index contributed by atoms with van der Waals surface area (Å²) in [6.07, 6.45) is 8.19. The van der Waals surface area contributed by atoms with Crippen LogP contribution in [0.2, 0.25) is 0 Å². The highest BCUT2D eigenvalue weighted by Crippen LogP contribution is 2.38. The summed E-state index contributed by atoms with van der Waals surface area (Å²) in [5.74, 6) is 1.22. The van der Waals surface area contributed by atoms with Crippen LogP contribution in [0.25, 0.3) is 44.6 Å². The van der Waals surface area contributed by atoms with E-state index < -0.39 is 0 Å². The molecule has 9 nitrogen and oxygen atoms in total. The number of rotatable bonds is 8. The lowest BCUT2D eigenvalue weighted by Gasteiger charge is -2.26. The van der Waals surface area contributed by atoms with Crippen molar-refractivity contribution in [3.63, 3.8) is 0 Å². The van der Waals surface area contributed by atoms with Gasteiger partial charge in [-0.1, -0.05) is 30.7 Å². The molecule has 0 unspecified atom stereocenters. The Morgan fingerprint density at radius 3 is 2.46 bits per heavy atom. The number of piperidine rings is 1. The van der Waals surface area contributed by atoms with E-state index in [4.69, 9.17) is 19.4 Å². The van der Waals surface area contributed by atoms with Crippen molar-refractivity contribution in [3.8, 4) is 28.7 Å². The van der Waals surface area contributed by atoms with Gasteiger partial charge in [-0.25, -0.2) is 9.97 Å². The van der Waals surface area contributed by atoms with E-state index >= 15 is 0 Å². The quantitative estimate of drug-likeness (QED) is 0.168. The average molecular weight is 664 g/mol. The molecule has 50 heavy (non-hydrogen) atoms. The molecular weight excluding hydrogens is 622 g/mol. The predicted molar refractivity (Wildman–Crippen MR) is 197 cm³/mol. The third kappa shape index (κ3) is 6.34. The van der Waals surface area contributed by atoms with Crippen molar-refractivity contribution >= 4 is 33.5 Å². The maximum absolute atomic E-state index is 9.98. The van der Waals surface area contributed by atoms with E-state index in [0.29, 0.717) is 35.6 Å². The van der Waals surface area contributed by atoms with Crippen molar-refractivity contribution in [3.05, 3.63) is 101 Å². The van der Waals surface area contributed by atoms with Crippen LogP contribution in [0.5, 0.6) is 0 Å². The molecule has 2 aliphatic heterocycles. The summed E-state index contributed by atoms with van der Waals surface area (Å²) in [5.41, 5.74) is 10.8. The monoisotopic (exact) mass is 663 g/mol. The van der Waals surface area contributed by atoms with Crippen LogP contribution in [-0.2, 0) is 13.1 Å². The normalized spacial score (nSPS) is 17.0. The van der Waals surface area contributed by atoms with Crippen LogP contribution < -0.4 is 5.32 Å². The van der Waals surface area contributed by atoms with Crippen molar-refractivity contribution in [1.82, 2.24) is 24.8 Å². The van der Waals surface area contributed by atoms with Gasteiger partial charge in [0.05, 0.1) is 11.7 Å². The number of β-amino-alcohol motifs (C(OH)–C–C–N with tert-alkyl or cyclic N) is 1. The second-order valence-corrected chi connectivity index (χ2v) is 13.8. The van der Waals surface area contributed by atoms with E-state index in [2.05, 4.69) is 65.4 Å². The highest BCUT2D eigenvalue weighted by atomic mass is 16.3. The largest absolute Gasteiger partial charge is 0.435 e. The van der Waals surface area contributed by atoms with Crippen LogP contribution in [0.1, 0.15) is 53.5 Å². The van der Waals surface area contributed by atoms with Gasteiger partial charge < -0.3 is 14.8 Å². The second kappa shape index (κ2) is 13.6. The number of hydrogen-bond acceptors (Lipinski definition) is 9. The minimum atomic E-state index is -0.294. The lowest BCUT2D eigenvalue weighted by molar-refractivity contribution is 0.175. The number of fused-ring (bicyclic) bond motifs is 2. The van der Waals surface area contributed by atoms with Crippen LogP contribution in [0.3, 0.4) is 0 Å². The molecule has 3 aromatic heterocycles. The number of anilines is 2. The number of pyridine rings is 2. The summed E-state index contributed by atoms with van der Waals surface area (Å²) in [7, 11) is 0. The number of likely N-dealkylation sites (tertiary alicyclic amines) is 2. The molecule has 2 fully saturated rings. The van der Waals surface area contributed by atoms with Gasteiger partial charge in [-0.3, -0.25) is 14.8 Å². The van der Waals surface area contributed by atoms with Crippen LogP contribution in [0.4, 0.5) is 11.5 Å². The predicted octanol–water partition coefficient (Wildman–Crippen LogP) is 7.89. The number of aromatic nitrogens is 3. The third-order valence-corrected chi connectivity index (χ3v) is 10.3. The van der Waals surface area contributed by atoms with Crippen molar-refractivity contribution in [2.24, 2.45) is 0 Å². The topological polar surface area (TPSA) is 114 Å². The molecule has 0 aliphatic carbocycles. The maximum Gasteiger partial charge on any atom is 0.227 e. The van der Waals surface area contributed by atoms with Crippen LogP contribution in [-0.4, -0.2) is 62.1 Å². The molecule has 0 spiro atoms. The highest BCUT2D eigenvalue weighted by Gasteiger charge is 2.22. The van der Waals surface area contributed by atoms with Gasteiger partial charge in [0.15, 0.2) is 11.4 Å². The van der Waals surface area contributed by atoms with Crippen molar-refractivity contribution in [2.45, 2.75) is 58.7 Å². The van der Waals surface area contributed by atoms with Gasteiger partial charge in [0.2, 0.25) is 5.89 Å². The lowest BCUT2D eigenvalue weighted by atomic mass is 9.93. The molecule has 3 aromatic carbocycles. The number of nitrogens with one attached hydrogen (secondary N) is 1. The van der Waals surface area contributed by atoms with E-state index in [1.807, 2.05) is 42.7 Å². The van der Waals surface area contributed by atoms with Crippen molar-refractivity contribution < 1.29 is 9.52 Å². The Morgan fingerprint density at radius 2 is 1.66 bits per heavy atom. The molecule has 9 heteroatoms. The second-order valence-electron chi connectivity index (χ2n) is 13.8. The summed E-state index contributed by atoms with van der Waals surface area (Å²) in [4.78, 5) is 19.2. The third-order valence-electron chi connectivity index (χ3n) is 10.3. The maximum atomic E-state index is 9.98. The Morgan fingerprint density at radius 1 is 0.880 bits per heavy atom. The first-order valence-electron chi connectivity index (χ1n) is 17.6. The molecule has 6 aromatic rings. The molecule has 2 N–H and O–H groups in total. The van der Waals surface area contributed by atoms with Crippen molar-refractivity contribution in [1.29, 1.82) is 5.26 Å². The minimum Gasteiger partial charge on any atom is -0.435 e. The summed E-state index contributed by atoms with van der Waals surface area (Å²) in [6.45, 7) is 9.59.